The van der Waals surface area contributed by atoms with Crippen molar-refractivity contribution in [2.45, 2.75) is 33.1 Å². The second-order valence-corrected chi connectivity index (χ2v) is 5.40. The Hall–Kier alpha value is -1.48. The van der Waals surface area contributed by atoms with E-state index in [0.29, 0.717) is 0 Å². The van der Waals surface area contributed by atoms with Crippen molar-refractivity contribution in [3.63, 3.8) is 0 Å². The lowest BCUT2D eigenvalue weighted by molar-refractivity contribution is 0.810. The molecule has 1 aromatic carbocycles. The average molecular weight is 272 g/mol. The smallest absolute Gasteiger partial charge is 0.134 e. The van der Waals surface area contributed by atoms with Crippen molar-refractivity contribution in [1.29, 1.82) is 0 Å². The van der Waals surface area contributed by atoms with E-state index in [-0.39, 0.29) is 0 Å². The molecule has 1 aromatic heterocycles. The molecule has 0 amide bonds. The van der Waals surface area contributed by atoms with Gasteiger partial charge in [0.1, 0.15) is 5.01 Å². The van der Waals surface area contributed by atoms with Crippen LogP contribution in [0.4, 0.5) is 0 Å². The lowest BCUT2D eigenvalue weighted by Gasteiger charge is -1.98. The van der Waals surface area contributed by atoms with E-state index in [1.807, 2.05) is 6.21 Å². The third kappa shape index (κ3) is 4.00. The van der Waals surface area contributed by atoms with Gasteiger partial charge in [0.05, 0.1) is 11.9 Å². The summed E-state index contributed by atoms with van der Waals surface area (Å²) in [5.41, 5.74) is 3.59. The van der Waals surface area contributed by atoms with E-state index < -0.39 is 0 Å². The fraction of sp³-hybridized carbons (Fsp3) is 0.375. The summed E-state index contributed by atoms with van der Waals surface area (Å²) in [6, 6.07) is 8.63. The molecule has 0 N–H and O–H groups in total. The zero-order valence-corrected chi connectivity index (χ0v) is 12.4. The highest BCUT2D eigenvalue weighted by molar-refractivity contribution is 7.11. The van der Waals surface area contributed by atoms with Crippen molar-refractivity contribution >= 4 is 17.6 Å². The molecule has 0 spiro atoms. The maximum absolute atomic E-state index is 4.60. The summed E-state index contributed by atoms with van der Waals surface area (Å²) < 4.78 is 0. The molecule has 0 aliphatic rings. The Kier molecular flexibility index (Phi) is 5.28. The minimum Gasteiger partial charge on any atom is -0.290 e. The molecule has 0 atom stereocenters. The van der Waals surface area contributed by atoms with Crippen LogP contribution in [0, 0.1) is 0 Å². The second-order valence-electron chi connectivity index (χ2n) is 4.51. The number of benzene rings is 1. The third-order valence-electron chi connectivity index (χ3n) is 3.02. The molecule has 0 aliphatic heterocycles. The fourth-order valence-corrected chi connectivity index (χ4v) is 2.49. The normalized spacial score (nSPS) is 11.3. The average Bonchev–Trinajstić information content (AvgIpc) is 2.92. The number of hydrogen-bond acceptors (Lipinski definition) is 3. The number of unbranched alkanes of at least 4 members (excludes halogenated alkanes) is 1. The minimum atomic E-state index is 0.899. The van der Waals surface area contributed by atoms with Crippen LogP contribution < -0.4 is 0 Å². The number of aryl methyl sites for hydroxylation is 1. The van der Waals surface area contributed by atoms with Crippen LogP contribution in [0.15, 0.2) is 34.6 Å². The predicted molar refractivity (Wildman–Crippen MR) is 84.3 cm³/mol. The highest BCUT2D eigenvalue weighted by Crippen LogP contribution is 2.21. The van der Waals surface area contributed by atoms with E-state index in [9.17, 15) is 0 Å². The van der Waals surface area contributed by atoms with Gasteiger partial charge < -0.3 is 0 Å². The zero-order chi connectivity index (χ0) is 13.5. The summed E-state index contributed by atoms with van der Waals surface area (Å²) in [6.45, 7) is 5.25. The number of thiazole rings is 1. The molecule has 100 valence electrons. The van der Waals surface area contributed by atoms with Gasteiger partial charge in [0, 0.05) is 17.5 Å². The predicted octanol–water partition coefficient (Wildman–Crippen LogP) is 4.59. The Bertz CT molecular complexity index is 526. The molecular formula is C16H20N2S. The van der Waals surface area contributed by atoms with Crippen LogP contribution in [-0.2, 0) is 6.42 Å². The molecule has 0 aliphatic carbocycles. The minimum absolute atomic E-state index is 0.899. The summed E-state index contributed by atoms with van der Waals surface area (Å²) in [7, 11) is 0. The first-order chi connectivity index (χ1) is 9.33. The van der Waals surface area contributed by atoms with Crippen molar-refractivity contribution in [3.8, 4) is 11.3 Å². The van der Waals surface area contributed by atoms with Gasteiger partial charge >= 0.3 is 0 Å². The van der Waals surface area contributed by atoms with Gasteiger partial charge in [-0.1, -0.05) is 44.5 Å². The SMILES string of the molecule is CCCCN=Cc1nc(-c2ccc(CC)cc2)cs1. The summed E-state index contributed by atoms with van der Waals surface area (Å²) in [5, 5.41) is 3.09. The lowest BCUT2D eigenvalue weighted by atomic mass is 10.1. The van der Waals surface area contributed by atoms with Crippen molar-refractivity contribution in [1.82, 2.24) is 4.98 Å². The number of hydrogen-bond donors (Lipinski definition) is 0. The molecule has 0 radical (unpaired) electrons. The van der Waals surface area contributed by atoms with Crippen LogP contribution in [0.1, 0.15) is 37.3 Å². The number of aromatic nitrogens is 1. The summed E-state index contributed by atoms with van der Waals surface area (Å²) in [6.07, 6.45) is 5.30. The Morgan fingerprint density at radius 1 is 1.21 bits per heavy atom. The number of aliphatic imine (C=N–C) groups is 1. The van der Waals surface area contributed by atoms with Gasteiger partial charge in [0.15, 0.2) is 0 Å². The van der Waals surface area contributed by atoms with E-state index in [0.717, 1.165) is 30.1 Å². The topological polar surface area (TPSA) is 25.2 Å². The first-order valence-corrected chi connectivity index (χ1v) is 7.76. The molecule has 3 heteroatoms. The van der Waals surface area contributed by atoms with E-state index in [2.05, 4.69) is 53.5 Å². The van der Waals surface area contributed by atoms with Crippen LogP contribution in [0.2, 0.25) is 0 Å². The maximum Gasteiger partial charge on any atom is 0.134 e. The Morgan fingerprint density at radius 2 is 2.00 bits per heavy atom. The summed E-state index contributed by atoms with van der Waals surface area (Å²) in [5.74, 6) is 0. The molecule has 0 unspecified atom stereocenters. The first-order valence-electron chi connectivity index (χ1n) is 6.88. The zero-order valence-electron chi connectivity index (χ0n) is 11.6. The Labute approximate surface area is 119 Å². The maximum atomic E-state index is 4.60. The van der Waals surface area contributed by atoms with E-state index in [1.54, 1.807) is 11.3 Å². The largest absolute Gasteiger partial charge is 0.290 e. The highest BCUT2D eigenvalue weighted by Gasteiger charge is 2.02. The third-order valence-corrected chi connectivity index (χ3v) is 3.80. The second kappa shape index (κ2) is 7.19. The van der Waals surface area contributed by atoms with Crippen molar-refractivity contribution in [3.05, 3.63) is 40.2 Å². The molecule has 2 nitrogen and oxygen atoms in total. The van der Waals surface area contributed by atoms with Crippen LogP contribution in [0.5, 0.6) is 0 Å². The molecule has 19 heavy (non-hydrogen) atoms. The monoisotopic (exact) mass is 272 g/mol. The molecule has 2 aromatic rings. The first kappa shape index (κ1) is 13.9. The van der Waals surface area contributed by atoms with Crippen LogP contribution in [0.25, 0.3) is 11.3 Å². The molecule has 0 fully saturated rings. The number of nitrogens with zero attached hydrogens (tertiary/aromatic N) is 2. The standard InChI is InChI=1S/C16H20N2S/c1-3-5-10-17-11-16-18-15(12-19-16)14-8-6-13(4-2)7-9-14/h6-9,11-12H,3-5,10H2,1-2H3. The van der Waals surface area contributed by atoms with Gasteiger partial charge in [-0.25, -0.2) is 4.98 Å². The highest BCUT2D eigenvalue weighted by atomic mass is 32.1. The van der Waals surface area contributed by atoms with Gasteiger partial charge in [-0.2, -0.15) is 0 Å². The molecular weight excluding hydrogens is 252 g/mol. The van der Waals surface area contributed by atoms with E-state index in [1.165, 1.54) is 17.5 Å². The molecule has 1 heterocycles. The van der Waals surface area contributed by atoms with Gasteiger partial charge in [-0.15, -0.1) is 11.3 Å². The van der Waals surface area contributed by atoms with Crippen LogP contribution in [-0.4, -0.2) is 17.7 Å². The van der Waals surface area contributed by atoms with Crippen molar-refractivity contribution in [2.75, 3.05) is 6.54 Å². The van der Waals surface area contributed by atoms with Crippen LogP contribution >= 0.6 is 11.3 Å². The molecule has 2 rings (SSSR count). The van der Waals surface area contributed by atoms with Gasteiger partial charge in [-0.05, 0) is 18.4 Å². The Morgan fingerprint density at radius 3 is 2.68 bits per heavy atom. The van der Waals surface area contributed by atoms with Gasteiger partial charge in [-0.3, -0.25) is 4.99 Å². The Balaban J connectivity index is 2.05. The molecule has 0 saturated carbocycles. The molecule has 0 bridgehead atoms. The quantitative estimate of drug-likeness (QED) is 0.557. The summed E-state index contributed by atoms with van der Waals surface area (Å²) >= 11 is 1.65. The van der Waals surface area contributed by atoms with Crippen LogP contribution in [0.3, 0.4) is 0 Å². The van der Waals surface area contributed by atoms with E-state index >= 15 is 0 Å². The number of rotatable bonds is 6. The fourth-order valence-electron chi connectivity index (χ4n) is 1.78. The van der Waals surface area contributed by atoms with Crippen molar-refractivity contribution in [2.24, 2.45) is 4.99 Å². The summed E-state index contributed by atoms with van der Waals surface area (Å²) in [4.78, 5) is 8.99. The van der Waals surface area contributed by atoms with Gasteiger partial charge in [0.25, 0.3) is 0 Å². The van der Waals surface area contributed by atoms with E-state index in [4.69, 9.17) is 0 Å². The molecule has 0 saturated heterocycles. The van der Waals surface area contributed by atoms with Crippen molar-refractivity contribution < 1.29 is 0 Å². The lowest BCUT2D eigenvalue weighted by Crippen LogP contribution is -1.85. The van der Waals surface area contributed by atoms with Gasteiger partial charge in [0.2, 0.25) is 0 Å².